The summed E-state index contributed by atoms with van der Waals surface area (Å²) in [4.78, 5) is 27.8. The van der Waals surface area contributed by atoms with Gasteiger partial charge >= 0.3 is 0 Å². The van der Waals surface area contributed by atoms with Gasteiger partial charge in [0.15, 0.2) is 0 Å². The second kappa shape index (κ2) is 6.40. The molecule has 1 fully saturated rings. The van der Waals surface area contributed by atoms with E-state index in [1.54, 1.807) is 23.2 Å². The van der Waals surface area contributed by atoms with Gasteiger partial charge in [-0.3, -0.25) is 4.79 Å². The van der Waals surface area contributed by atoms with E-state index < -0.39 is 0 Å². The maximum atomic E-state index is 13.1. The van der Waals surface area contributed by atoms with Crippen molar-refractivity contribution >= 4 is 17.5 Å². The number of hydrogen-bond donors (Lipinski definition) is 0. The van der Waals surface area contributed by atoms with Crippen LogP contribution in [-0.2, 0) is 6.54 Å². The zero-order valence-electron chi connectivity index (χ0n) is 14.2. The van der Waals surface area contributed by atoms with Gasteiger partial charge in [-0.05, 0) is 30.8 Å². The summed E-state index contributed by atoms with van der Waals surface area (Å²) in [6.07, 6.45) is 1.62. The number of aromatic nitrogens is 2. The first-order valence-electron chi connectivity index (χ1n) is 8.56. The molecule has 0 radical (unpaired) electrons. The van der Waals surface area contributed by atoms with Crippen LogP contribution in [0.15, 0.2) is 30.5 Å². The largest absolute Gasteiger partial charge is 0.338 e. The van der Waals surface area contributed by atoms with Gasteiger partial charge < -0.3 is 14.7 Å². The summed E-state index contributed by atoms with van der Waals surface area (Å²) in [5.41, 5.74) is 1.93. The molecule has 7 heteroatoms. The molecule has 0 unspecified atom stereocenters. The van der Waals surface area contributed by atoms with Crippen LogP contribution in [0.3, 0.4) is 0 Å². The summed E-state index contributed by atoms with van der Waals surface area (Å²) in [6.45, 7) is 7.39. The molecule has 0 atom stereocenters. The van der Waals surface area contributed by atoms with Crippen LogP contribution in [-0.4, -0.2) is 53.5 Å². The standard InChI is InChI=1S/C18H20FN5O/c1-2-22-7-9-23(10-8-22)18-20-11-15-16(21-18)12-24(17(15)25)14-5-3-13(19)4-6-14/h3-6,11H,2,7-10,12H2,1H3. The lowest BCUT2D eigenvalue weighted by atomic mass is 10.2. The molecule has 1 amide bonds. The number of carbonyl (C=O) groups excluding carboxylic acids is 1. The van der Waals surface area contributed by atoms with Crippen molar-refractivity contribution in [1.82, 2.24) is 14.9 Å². The number of halogens is 1. The Hall–Kier alpha value is -2.54. The van der Waals surface area contributed by atoms with E-state index in [0.717, 1.165) is 38.4 Å². The number of amides is 1. The van der Waals surface area contributed by atoms with Gasteiger partial charge in [0.25, 0.3) is 5.91 Å². The molecule has 1 aromatic heterocycles. The molecule has 6 nitrogen and oxygen atoms in total. The lowest BCUT2D eigenvalue weighted by Gasteiger charge is -2.34. The van der Waals surface area contributed by atoms with E-state index >= 15 is 0 Å². The smallest absolute Gasteiger partial charge is 0.262 e. The van der Waals surface area contributed by atoms with Crippen molar-refractivity contribution in [3.05, 3.63) is 47.5 Å². The highest BCUT2D eigenvalue weighted by Gasteiger charge is 2.31. The first-order chi connectivity index (χ1) is 12.2. The Morgan fingerprint density at radius 3 is 2.52 bits per heavy atom. The van der Waals surface area contributed by atoms with E-state index in [1.165, 1.54) is 12.1 Å². The van der Waals surface area contributed by atoms with Crippen molar-refractivity contribution in [2.24, 2.45) is 0 Å². The van der Waals surface area contributed by atoms with Crippen LogP contribution in [0.2, 0.25) is 0 Å². The lowest BCUT2D eigenvalue weighted by molar-refractivity contribution is 0.0996. The van der Waals surface area contributed by atoms with Gasteiger partial charge in [-0.15, -0.1) is 0 Å². The van der Waals surface area contributed by atoms with Gasteiger partial charge in [-0.25, -0.2) is 14.4 Å². The maximum Gasteiger partial charge on any atom is 0.262 e. The van der Waals surface area contributed by atoms with Crippen molar-refractivity contribution in [3.63, 3.8) is 0 Å². The third kappa shape index (κ3) is 2.95. The van der Waals surface area contributed by atoms with E-state index in [4.69, 9.17) is 0 Å². The van der Waals surface area contributed by atoms with Gasteiger partial charge in [0.1, 0.15) is 5.82 Å². The molecule has 25 heavy (non-hydrogen) atoms. The van der Waals surface area contributed by atoms with E-state index in [2.05, 4.69) is 26.7 Å². The molecule has 130 valence electrons. The molecule has 0 saturated carbocycles. The molecule has 0 aliphatic carbocycles. The molecule has 0 N–H and O–H groups in total. The number of carbonyl (C=O) groups is 1. The minimum atomic E-state index is -0.318. The highest BCUT2D eigenvalue weighted by molar-refractivity contribution is 6.09. The van der Waals surface area contributed by atoms with E-state index in [0.29, 0.717) is 23.7 Å². The quantitative estimate of drug-likeness (QED) is 0.854. The second-order valence-electron chi connectivity index (χ2n) is 6.32. The Balaban J connectivity index is 1.54. The van der Waals surface area contributed by atoms with E-state index in [1.807, 2.05) is 0 Å². The van der Waals surface area contributed by atoms with Crippen LogP contribution in [0, 0.1) is 5.82 Å². The topological polar surface area (TPSA) is 52.6 Å². The van der Waals surface area contributed by atoms with Crippen molar-refractivity contribution in [3.8, 4) is 0 Å². The zero-order chi connectivity index (χ0) is 17.4. The molecule has 4 rings (SSSR count). The SMILES string of the molecule is CCN1CCN(c2ncc3c(n2)CN(c2ccc(F)cc2)C3=O)CC1. The number of fused-ring (bicyclic) bond motifs is 1. The minimum absolute atomic E-state index is 0.135. The van der Waals surface area contributed by atoms with Crippen molar-refractivity contribution in [1.29, 1.82) is 0 Å². The van der Waals surface area contributed by atoms with Crippen molar-refractivity contribution in [2.45, 2.75) is 13.5 Å². The first kappa shape index (κ1) is 16.0. The predicted octanol–water partition coefficient (Wildman–Crippen LogP) is 1.92. The summed E-state index contributed by atoms with van der Waals surface area (Å²) in [7, 11) is 0. The van der Waals surface area contributed by atoms with Crippen LogP contribution >= 0.6 is 0 Å². The Morgan fingerprint density at radius 2 is 1.84 bits per heavy atom. The van der Waals surface area contributed by atoms with Crippen LogP contribution in [0.1, 0.15) is 23.0 Å². The minimum Gasteiger partial charge on any atom is -0.338 e. The molecule has 0 spiro atoms. The summed E-state index contributed by atoms with van der Waals surface area (Å²) < 4.78 is 13.1. The fraction of sp³-hybridized carbons (Fsp3) is 0.389. The molecule has 3 heterocycles. The van der Waals surface area contributed by atoms with Gasteiger partial charge in [0.2, 0.25) is 5.95 Å². The molecule has 2 aromatic rings. The fourth-order valence-electron chi connectivity index (χ4n) is 3.32. The average molecular weight is 341 g/mol. The monoisotopic (exact) mass is 341 g/mol. The van der Waals surface area contributed by atoms with Crippen LogP contribution in [0.5, 0.6) is 0 Å². The average Bonchev–Trinajstić information content (AvgIpc) is 2.98. The summed E-state index contributed by atoms with van der Waals surface area (Å²) >= 11 is 0. The maximum absolute atomic E-state index is 13.1. The Kier molecular flexibility index (Phi) is 4.09. The Labute approximate surface area is 145 Å². The highest BCUT2D eigenvalue weighted by atomic mass is 19.1. The van der Waals surface area contributed by atoms with Gasteiger partial charge in [-0.2, -0.15) is 0 Å². The molecular formula is C18H20FN5O. The molecule has 2 aliphatic rings. The molecular weight excluding hydrogens is 321 g/mol. The Bertz CT molecular complexity index is 787. The highest BCUT2D eigenvalue weighted by Crippen LogP contribution is 2.28. The first-order valence-corrected chi connectivity index (χ1v) is 8.56. The van der Waals surface area contributed by atoms with E-state index in [-0.39, 0.29) is 11.7 Å². The fourth-order valence-corrected chi connectivity index (χ4v) is 3.32. The number of piperazine rings is 1. The normalized spacial score (nSPS) is 17.9. The number of benzene rings is 1. The van der Waals surface area contributed by atoms with Crippen LogP contribution < -0.4 is 9.80 Å². The van der Waals surface area contributed by atoms with Crippen molar-refractivity contribution < 1.29 is 9.18 Å². The summed E-state index contributed by atoms with van der Waals surface area (Å²) in [5, 5.41) is 0. The molecule has 2 aliphatic heterocycles. The van der Waals surface area contributed by atoms with Gasteiger partial charge in [-0.1, -0.05) is 6.92 Å². The van der Waals surface area contributed by atoms with E-state index in [9.17, 15) is 9.18 Å². The third-order valence-corrected chi connectivity index (χ3v) is 4.88. The number of hydrogen-bond acceptors (Lipinski definition) is 5. The number of anilines is 2. The second-order valence-corrected chi connectivity index (χ2v) is 6.32. The number of rotatable bonds is 3. The zero-order valence-corrected chi connectivity index (χ0v) is 14.2. The van der Waals surface area contributed by atoms with Gasteiger partial charge in [0.05, 0.1) is 17.8 Å². The Morgan fingerprint density at radius 1 is 1.12 bits per heavy atom. The van der Waals surface area contributed by atoms with Gasteiger partial charge in [0, 0.05) is 38.1 Å². The van der Waals surface area contributed by atoms with Crippen LogP contribution in [0.4, 0.5) is 16.0 Å². The third-order valence-electron chi connectivity index (χ3n) is 4.88. The molecule has 0 bridgehead atoms. The summed E-state index contributed by atoms with van der Waals surface area (Å²) in [5.74, 6) is 0.230. The van der Waals surface area contributed by atoms with Crippen LogP contribution in [0.25, 0.3) is 0 Å². The molecule has 1 saturated heterocycles. The number of likely N-dealkylation sites (N-methyl/N-ethyl adjacent to an activating group) is 1. The van der Waals surface area contributed by atoms with Crippen molar-refractivity contribution in [2.75, 3.05) is 42.5 Å². The number of nitrogens with zero attached hydrogens (tertiary/aromatic N) is 5. The predicted molar refractivity (Wildman–Crippen MR) is 93.3 cm³/mol. The lowest BCUT2D eigenvalue weighted by Crippen LogP contribution is -2.46. The summed E-state index contributed by atoms with van der Waals surface area (Å²) in [6, 6.07) is 5.93. The molecule has 1 aromatic carbocycles.